The van der Waals surface area contributed by atoms with Gasteiger partial charge in [-0.1, -0.05) is 0 Å². The van der Waals surface area contributed by atoms with Crippen LogP contribution in [0, 0.1) is 0 Å². The molecule has 5 N–H and O–H groups in total. The Morgan fingerprint density at radius 2 is 1.44 bits per heavy atom. The minimum absolute atomic E-state index is 0. The second kappa shape index (κ2) is 8.80. The predicted molar refractivity (Wildman–Crippen MR) is 52.8 cm³/mol. The molecule has 0 bridgehead atoms. The number of rotatable bonds is 6. The van der Waals surface area contributed by atoms with Crippen molar-refractivity contribution < 1.29 is 27.9 Å². The van der Waals surface area contributed by atoms with Crippen molar-refractivity contribution in [3.8, 4) is 0 Å². The fourth-order valence-corrected chi connectivity index (χ4v) is 1.02. The van der Waals surface area contributed by atoms with Gasteiger partial charge in [0.05, 0.1) is 6.04 Å². The molecule has 104 valence electrons. The maximum Gasteiger partial charge on any atom is 0.451 e. The van der Waals surface area contributed by atoms with Crippen molar-refractivity contribution >= 4 is 11.8 Å². The second-order valence-electron chi connectivity index (χ2n) is 3.34. The first kappa shape index (κ1) is 22.0. The monoisotopic (exact) mass is 270 g/mol. The molecule has 0 saturated heterocycles. The number of carbonyl (C=O) groups excluding carboxylic acids is 1. The zero-order valence-electron chi connectivity index (χ0n) is 9.22. The molecule has 0 rings (SSSR count). The Hall–Kier alpha value is -1.23. The molecule has 0 saturated carbocycles. The van der Waals surface area contributed by atoms with Crippen LogP contribution in [-0.2, 0) is 9.59 Å². The highest BCUT2D eigenvalue weighted by Crippen LogP contribution is 2.19. The Labute approximate surface area is 102 Å². The highest BCUT2D eigenvalue weighted by molar-refractivity contribution is 5.88. The van der Waals surface area contributed by atoms with Crippen molar-refractivity contribution in [3.63, 3.8) is 0 Å². The number of aliphatic carboxylic acids is 1. The third kappa shape index (κ3) is 7.95. The van der Waals surface area contributed by atoms with E-state index in [0.717, 1.165) is 0 Å². The van der Waals surface area contributed by atoms with E-state index in [4.69, 9.17) is 16.6 Å². The third-order valence-electron chi connectivity index (χ3n) is 1.96. The van der Waals surface area contributed by atoms with Crippen LogP contribution in [0.1, 0.15) is 19.3 Å². The van der Waals surface area contributed by atoms with Crippen molar-refractivity contribution in [2.75, 3.05) is 0 Å². The van der Waals surface area contributed by atoms with Crippen molar-refractivity contribution in [1.82, 2.24) is 12.3 Å². The average Bonchev–Trinajstić information content (AvgIpc) is 2.14. The number of halogens is 3. The SMILES string of the molecule is NC(CCC[C@H](N)C(=O)O)C(=O)C(F)(F)F.[N].[N]. The minimum atomic E-state index is -4.95. The maximum atomic E-state index is 11.9. The molecule has 1 unspecified atom stereocenters. The number of ketones is 1. The highest BCUT2D eigenvalue weighted by Gasteiger charge is 2.41. The molecule has 2 atom stereocenters. The summed E-state index contributed by atoms with van der Waals surface area (Å²) in [5.41, 5.74) is 10.1. The summed E-state index contributed by atoms with van der Waals surface area (Å²) < 4.78 is 35.6. The van der Waals surface area contributed by atoms with Crippen LogP contribution in [0.4, 0.5) is 13.2 Å². The van der Waals surface area contributed by atoms with Gasteiger partial charge in [-0.2, -0.15) is 13.2 Å². The van der Waals surface area contributed by atoms with E-state index in [1.807, 2.05) is 0 Å². The summed E-state index contributed by atoms with van der Waals surface area (Å²) in [6, 6.07) is -2.80. The lowest BCUT2D eigenvalue weighted by atomic mass is 10.0. The number of hydrogen-bond donors (Lipinski definition) is 3. The molecule has 0 aromatic heterocycles. The fourth-order valence-electron chi connectivity index (χ4n) is 1.02. The standard InChI is InChI=1S/C8H13F3N2O3.2N/c9-8(10,11)6(14)4(12)2-1-3-5(13)7(15)16;;/h4-5H,1-3,12-13H2,(H,15,16);;/t4?,5-;;/m0../s1. The van der Waals surface area contributed by atoms with Crippen LogP contribution in [0.15, 0.2) is 0 Å². The quantitative estimate of drug-likeness (QED) is 0.565. The van der Waals surface area contributed by atoms with Crippen molar-refractivity contribution in [3.05, 3.63) is 0 Å². The molecule has 18 heavy (non-hydrogen) atoms. The minimum Gasteiger partial charge on any atom is -0.480 e. The Balaban J connectivity index is -0.00000112. The third-order valence-corrected chi connectivity index (χ3v) is 1.96. The predicted octanol–water partition coefficient (Wildman–Crippen LogP) is -0.934. The Morgan fingerprint density at radius 1 is 1.06 bits per heavy atom. The van der Waals surface area contributed by atoms with Gasteiger partial charge in [0.15, 0.2) is 0 Å². The number of carbonyl (C=O) groups is 2. The molecule has 0 fully saturated rings. The number of alkyl halides is 3. The first-order valence-corrected chi connectivity index (χ1v) is 4.51. The molecule has 0 heterocycles. The molecule has 0 aliphatic carbocycles. The highest BCUT2D eigenvalue weighted by atomic mass is 19.4. The van der Waals surface area contributed by atoms with Crippen molar-refractivity contribution in [2.24, 2.45) is 11.5 Å². The molecule has 0 amide bonds. The lowest BCUT2D eigenvalue weighted by Crippen LogP contribution is -2.40. The van der Waals surface area contributed by atoms with Gasteiger partial charge in [0.25, 0.3) is 5.78 Å². The first-order chi connectivity index (χ1) is 7.16. The summed E-state index contributed by atoms with van der Waals surface area (Å²) in [4.78, 5) is 20.8. The van der Waals surface area contributed by atoms with Gasteiger partial charge in [0.1, 0.15) is 6.04 Å². The largest absolute Gasteiger partial charge is 0.480 e. The number of Topliss-reactive ketones (excluding diaryl/α,β-unsaturated/α-hetero) is 1. The molecule has 0 aliphatic heterocycles. The summed E-state index contributed by atoms with van der Waals surface area (Å²) >= 11 is 0. The van der Waals surface area contributed by atoms with Gasteiger partial charge in [0, 0.05) is 12.3 Å². The fraction of sp³-hybridized carbons (Fsp3) is 0.750. The molecule has 10 heteroatoms. The smallest absolute Gasteiger partial charge is 0.451 e. The Bertz CT molecular complexity index is 273. The van der Waals surface area contributed by atoms with Crippen LogP contribution in [0.25, 0.3) is 0 Å². The van der Waals surface area contributed by atoms with E-state index in [1.54, 1.807) is 0 Å². The van der Waals surface area contributed by atoms with Crippen molar-refractivity contribution in [1.29, 1.82) is 0 Å². The van der Waals surface area contributed by atoms with Gasteiger partial charge in [-0.15, -0.1) is 0 Å². The molecular formula is C8H13F3N4O3. The summed E-state index contributed by atoms with van der Waals surface area (Å²) in [6.45, 7) is 0. The van der Waals surface area contributed by atoms with Gasteiger partial charge < -0.3 is 16.6 Å². The van der Waals surface area contributed by atoms with E-state index in [0.29, 0.717) is 0 Å². The molecular weight excluding hydrogens is 257 g/mol. The van der Waals surface area contributed by atoms with Gasteiger partial charge >= 0.3 is 12.1 Å². The van der Waals surface area contributed by atoms with Gasteiger partial charge in [0.2, 0.25) is 0 Å². The number of nitrogens with two attached hydrogens (primary N) is 2. The van der Waals surface area contributed by atoms with Gasteiger partial charge in [-0.25, -0.2) is 0 Å². The number of carboxylic acid groups (broad SMARTS) is 1. The van der Waals surface area contributed by atoms with Crippen LogP contribution in [0.2, 0.25) is 0 Å². The van der Waals surface area contributed by atoms with E-state index in [2.05, 4.69) is 0 Å². The number of nitrogens with zero attached hydrogens (tertiary/aromatic N) is 2. The number of carboxylic acids is 1. The van der Waals surface area contributed by atoms with Crippen LogP contribution < -0.4 is 23.8 Å². The zero-order valence-corrected chi connectivity index (χ0v) is 9.22. The molecule has 0 aromatic rings. The Kier molecular flexibility index (Phi) is 10.8. The summed E-state index contributed by atoms with van der Waals surface area (Å²) in [6.07, 6.45) is -5.15. The zero-order chi connectivity index (χ0) is 12.9. The molecule has 0 spiro atoms. The molecule has 6 radical (unpaired) electrons. The summed E-state index contributed by atoms with van der Waals surface area (Å²) in [5.74, 6) is -3.24. The van der Waals surface area contributed by atoms with E-state index in [1.165, 1.54) is 0 Å². The topological polar surface area (TPSA) is 167 Å². The van der Waals surface area contributed by atoms with Gasteiger partial charge in [-0.3, -0.25) is 9.59 Å². The first-order valence-electron chi connectivity index (χ1n) is 4.51. The van der Waals surface area contributed by atoms with Crippen LogP contribution in [0.5, 0.6) is 0 Å². The van der Waals surface area contributed by atoms with E-state index < -0.39 is 30.0 Å². The van der Waals surface area contributed by atoms with E-state index in [-0.39, 0.29) is 31.6 Å². The normalized spacial score (nSPS) is 13.8. The molecule has 0 aromatic carbocycles. The lowest BCUT2D eigenvalue weighted by Gasteiger charge is -2.13. The van der Waals surface area contributed by atoms with Crippen LogP contribution in [0.3, 0.4) is 0 Å². The van der Waals surface area contributed by atoms with Crippen LogP contribution >= 0.6 is 0 Å². The maximum absolute atomic E-state index is 11.9. The summed E-state index contributed by atoms with van der Waals surface area (Å²) in [7, 11) is 0. The number of hydrogen-bond acceptors (Lipinski definition) is 4. The molecule has 0 aliphatic rings. The van der Waals surface area contributed by atoms with Gasteiger partial charge in [-0.05, 0) is 19.3 Å². The Morgan fingerprint density at radius 3 is 1.78 bits per heavy atom. The average molecular weight is 270 g/mol. The molecule has 7 nitrogen and oxygen atoms in total. The second-order valence-corrected chi connectivity index (χ2v) is 3.34. The lowest BCUT2D eigenvalue weighted by molar-refractivity contribution is -0.172. The van der Waals surface area contributed by atoms with Crippen molar-refractivity contribution in [2.45, 2.75) is 37.5 Å². The summed E-state index contributed by atoms with van der Waals surface area (Å²) in [5, 5.41) is 8.38. The van der Waals surface area contributed by atoms with E-state index in [9.17, 15) is 22.8 Å². The van der Waals surface area contributed by atoms with E-state index >= 15 is 0 Å². The van der Waals surface area contributed by atoms with Crippen LogP contribution in [-0.4, -0.2) is 35.1 Å².